The van der Waals surface area contributed by atoms with Crippen LogP contribution in [0.3, 0.4) is 0 Å². The number of rotatable bonds is 4. The van der Waals surface area contributed by atoms with Gasteiger partial charge >= 0.3 is 0 Å². The molecule has 0 atom stereocenters. The first kappa shape index (κ1) is 12.2. The van der Waals surface area contributed by atoms with Gasteiger partial charge in [0, 0.05) is 17.8 Å². The van der Waals surface area contributed by atoms with Gasteiger partial charge in [0.1, 0.15) is 17.5 Å². The second-order valence-corrected chi connectivity index (χ2v) is 4.64. The van der Waals surface area contributed by atoms with Gasteiger partial charge in [-0.05, 0) is 37.1 Å². The zero-order chi connectivity index (χ0) is 13.2. The maximum Gasteiger partial charge on any atom is 0.142 e. The van der Waals surface area contributed by atoms with Crippen molar-refractivity contribution in [1.82, 2.24) is 15.3 Å². The van der Waals surface area contributed by atoms with Crippen molar-refractivity contribution in [2.24, 2.45) is 0 Å². The van der Waals surface area contributed by atoms with Crippen molar-refractivity contribution < 1.29 is 8.78 Å². The fourth-order valence-corrected chi connectivity index (χ4v) is 1.85. The number of benzene rings is 1. The second kappa shape index (κ2) is 5.01. The van der Waals surface area contributed by atoms with E-state index in [0.29, 0.717) is 24.1 Å². The number of aromatic nitrogens is 2. The molecule has 19 heavy (non-hydrogen) atoms. The highest BCUT2D eigenvalue weighted by molar-refractivity contribution is 5.59. The summed E-state index contributed by atoms with van der Waals surface area (Å²) in [6.07, 6.45) is 3.92. The molecular formula is C14H13F2N3. The predicted octanol–water partition coefficient (Wildman–Crippen LogP) is 2.67. The molecule has 0 unspecified atom stereocenters. The average molecular weight is 261 g/mol. The third-order valence-corrected chi connectivity index (χ3v) is 3.04. The summed E-state index contributed by atoms with van der Waals surface area (Å²) in [4.78, 5) is 8.39. The van der Waals surface area contributed by atoms with Gasteiger partial charge in [0.15, 0.2) is 0 Å². The van der Waals surface area contributed by atoms with Crippen molar-refractivity contribution in [2.75, 3.05) is 0 Å². The molecular weight excluding hydrogens is 248 g/mol. The monoisotopic (exact) mass is 261 g/mol. The third-order valence-electron chi connectivity index (χ3n) is 3.04. The fourth-order valence-electron chi connectivity index (χ4n) is 1.85. The summed E-state index contributed by atoms with van der Waals surface area (Å²) in [5, 5.41) is 3.28. The largest absolute Gasteiger partial charge is 0.307 e. The quantitative estimate of drug-likeness (QED) is 0.919. The highest BCUT2D eigenvalue weighted by atomic mass is 19.1. The molecule has 1 aliphatic carbocycles. The molecule has 0 bridgehead atoms. The Morgan fingerprint density at radius 1 is 1.21 bits per heavy atom. The summed E-state index contributed by atoms with van der Waals surface area (Å²) in [5.74, 6) is -0.373. The number of nitrogens with zero attached hydrogens (tertiary/aromatic N) is 2. The van der Waals surface area contributed by atoms with Crippen LogP contribution in [-0.4, -0.2) is 16.0 Å². The Balaban J connectivity index is 1.86. The lowest BCUT2D eigenvalue weighted by Gasteiger charge is -2.06. The molecule has 1 aromatic heterocycles. The van der Waals surface area contributed by atoms with Crippen LogP contribution in [0.1, 0.15) is 18.7 Å². The zero-order valence-corrected chi connectivity index (χ0v) is 10.2. The van der Waals surface area contributed by atoms with Crippen LogP contribution in [0.5, 0.6) is 0 Å². The molecule has 3 nitrogen and oxygen atoms in total. The minimum Gasteiger partial charge on any atom is -0.307 e. The predicted molar refractivity (Wildman–Crippen MR) is 67.2 cm³/mol. The van der Waals surface area contributed by atoms with Crippen molar-refractivity contribution in [2.45, 2.75) is 25.4 Å². The highest BCUT2D eigenvalue weighted by Crippen LogP contribution is 2.22. The van der Waals surface area contributed by atoms with Gasteiger partial charge in [-0.1, -0.05) is 0 Å². The van der Waals surface area contributed by atoms with E-state index in [-0.39, 0.29) is 5.56 Å². The first-order valence-electron chi connectivity index (χ1n) is 6.23. The standard InChI is InChI=1S/C14H13F2N3/c15-9-1-4-12(16)11(7-9)13-5-6-17-14(19-13)8-18-10-2-3-10/h1,4-7,10,18H,2-3,8H2. The molecule has 0 saturated heterocycles. The van der Waals surface area contributed by atoms with Crippen molar-refractivity contribution in [3.05, 3.63) is 47.9 Å². The lowest BCUT2D eigenvalue weighted by atomic mass is 10.1. The number of hydrogen-bond donors (Lipinski definition) is 1. The molecule has 0 radical (unpaired) electrons. The number of nitrogens with one attached hydrogen (secondary N) is 1. The Kier molecular flexibility index (Phi) is 3.21. The van der Waals surface area contributed by atoms with Crippen LogP contribution in [0.15, 0.2) is 30.5 Å². The molecule has 1 heterocycles. The summed E-state index contributed by atoms with van der Waals surface area (Å²) in [7, 11) is 0. The van der Waals surface area contributed by atoms with E-state index in [2.05, 4.69) is 15.3 Å². The van der Waals surface area contributed by atoms with Gasteiger partial charge in [-0.3, -0.25) is 0 Å². The van der Waals surface area contributed by atoms with E-state index in [1.807, 2.05) is 0 Å². The normalized spacial score (nSPS) is 14.6. The summed E-state index contributed by atoms with van der Waals surface area (Å²) in [5.41, 5.74) is 0.565. The molecule has 1 aromatic carbocycles. The minimum absolute atomic E-state index is 0.162. The molecule has 1 fully saturated rings. The van der Waals surface area contributed by atoms with Gasteiger partial charge in [0.05, 0.1) is 12.2 Å². The van der Waals surface area contributed by atoms with E-state index in [9.17, 15) is 8.78 Å². The molecule has 2 aromatic rings. The molecule has 1 aliphatic rings. The SMILES string of the molecule is Fc1ccc(F)c(-c2ccnc(CNC3CC3)n2)c1. The van der Waals surface area contributed by atoms with E-state index >= 15 is 0 Å². The van der Waals surface area contributed by atoms with Gasteiger partial charge in [-0.2, -0.15) is 0 Å². The Hall–Kier alpha value is -1.88. The second-order valence-electron chi connectivity index (χ2n) is 4.64. The van der Waals surface area contributed by atoms with Crippen molar-refractivity contribution in [1.29, 1.82) is 0 Å². The average Bonchev–Trinajstić information content (AvgIpc) is 3.24. The van der Waals surface area contributed by atoms with Crippen LogP contribution >= 0.6 is 0 Å². The third kappa shape index (κ3) is 2.93. The molecule has 0 spiro atoms. The zero-order valence-electron chi connectivity index (χ0n) is 10.2. The van der Waals surface area contributed by atoms with Gasteiger partial charge < -0.3 is 5.32 Å². The van der Waals surface area contributed by atoms with Crippen LogP contribution < -0.4 is 5.32 Å². The number of hydrogen-bond acceptors (Lipinski definition) is 3. The van der Waals surface area contributed by atoms with Gasteiger partial charge in [0.2, 0.25) is 0 Å². The summed E-state index contributed by atoms with van der Waals surface area (Å²) >= 11 is 0. The molecule has 1 saturated carbocycles. The molecule has 1 N–H and O–H groups in total. The molecule has 0 aliphatic heterocycles. The molecule has 3 rings (SSSR count). The smallest absolute Gasteiger partial charge is 0.142 e. The van der Waals surface area contributed by atoms with Crippen LogP contribution in [-0.2, 0) is 6.54 Å². The lowest BCUT2D eigenvalue weighted by molar-refractivity contribution is 0.602. The number of halogens is 2. The Labute approximate surface area is 109 Å². The molecule has 98 valence electrons. The van der Waals surface area contributed by atoms with Crippen molar-refractivity contribution in [3.63, 3.8) is 0 Å². The van der Waals surface area contributed by atoms with E-state index in [0.717, 1.165) is 18.2 Å². The Morgan fingerprint density at radius 3 is 2.84 bits per heavy atom. The maximum atomic E-state index is 13.7. The lowest BCUT2D eigenvalue weighted by Crippen LogP contribution is -2.17. The summed E-state index contributed by atoms with van der Waals surface area (Å²) in [6.45, 7) is 0.551. The highest BCUT2D eigenvalue weighted by Gasteiger charge is 2.20. The van der Waals surface area contributed by atoms with E-state index in [1.165, 1.54) is 12.8 Å². The summed E-state index contributed by atoms with van der Waals surface area (Å²) in [6, 6.07) is 5.48. The topological polar surface area (TPSA) is 37.8 Å². The van der Waals surface area contributed by atoms with Crippen molar-refractivity contribution >= 4 is 0 Å². The molecule has 0 amide bonds. The van der Waals surface area contributed by atoms with E-state index in [4.69, 9.17) is 0 Å². The first-order chi connectivity index (χ1) is 9.22. The van der Waals surface area contributed by atoms with Crippen LogP contribution in [0, 0.1) is 11.6 Å². The van der Waals surface area contributed by atoms with Gasteiger partial charge in [0.25, 0.3) is 0 Å². The Bertz CT molecular complexity index is 597. The fraction of sp³-hybridized carbons (Fsp3) is 0.286. The van der Waals surface area contributed by atoms with Crippen LogP contribution in [0.2, 0.25) is 0 Å². The molecule has 5 heteroatoms. The van der Waals surface area contributed by atoms with Gasteiger partial charge in [-0.15, -0.1) is 0 Å². The minimum atomic E-state index is -0.485. The first-order valence-corrected chi connectivity index (χ1v) is 6.23. The Morgan fingerprint density at radius 2 is 2.05 bits per heavy atom. The van der Waals surface area contributed by atoms with Gasteiger partial charge in [-0.25, -0.2) is 18.7 Å². The van der Waals surface area contributed by atoms with Crippen LogP contribution in [0.4, 0.5) is 8.78 Å². The van der Waals surface area contributed by atoms with Crippen molar-refractivity contribution in [3.8, 4) is 11.3 Å². The summed E-state index contributed by atoms with van der Waals surface area (Å²) < 4.78 is 26.8. The maximum absolute atomic E-state index is 13.7. The van der Waals surface area contributed by atoms with E-state index < -0.39 is 11.6 Å². The van der Waals surface area contributed by atoms with E-state index in [1.54, 1.807) is 12.3 Å². The van der Waals surface area contributed by atoms with Crippen LogP contribution in [0.25, 0.3) is 11.3 Å².